The van der Waals surface area contributed by atoms with Crippen LogP contribution in [0.25, 0.3) is 132 Å². The third-order valence-electron chi connectivity index (χ3n) is 14.4. The molecular formula is C66H46O2. The average molecular weight is 871 g/mol. The van der Waals surface area contributed by atoms with Crippen LogP contribution in [-0.4, -0.2) is 0 Å². The van der Waals surface area contributed by atoms with Crippen LogP contribution in [0.2, 0.25) is 0 Å². The molecule has 322 valence electrons. The van der Waals surface area contributed by atoms with Gasteiger partial charge in [0, 0.05) is 32.7 Å². The summed E-state index contributed by atoms with van der Waals surface area (Å²) in [5.74, 6) is 0. The lowest BCUT2D eigenvalue weighted by molar-refractivity contribution is 0.669. The van der Waals surface area contributed by atoms with Crippen LogP contribution < -0.4 is 0 Å². The van der Waals surface area contributed by atoms with Crippen molar-refractivity contribution in [3.8, 4) is 66.8 Å². The molecular weight excluding hydrogens is 825 g/mol. The number of rotatable bonds is 6. The molecule has 0 bridgehead atoms. The minimum atomic E-state index is 0.888. The van der Waals surface area contributed by atoms with E-state index in [9.17, 15) is 0 Å². The standard InChI is InChI=1S/C66H46O2/c1-39-35-56(62-42(4)38-58(66-64(62)54-28-16-18-30-60(54)68-66)52-34-32-46(44-21-9-6-10-22-44)48-24-12-14-26-50(48)52)40(2)36-55(39)61-41(3)37-57(65-63(61)53-27-15-17-29-59(53)67-65)51-33-31-45(43-19-7-5-8-20-43)47-23-11-13-25-49(47)51/h5-38H,1-4H3. The first-order valence-corrected chi connectivity index (χ1v) is 23.6. The van der Waals surface area contributed by atoms with Gasteiger partial charge >= 0.3 is 0 Å². The molecule has 0 saturated carbocycles. The molecule has 0 amide bonds. The fourth-order valence-electron chi connectivity index (χ4n) is 11.3. The second kappa shape index (κ2) is 15.6. The summed E-state index contributed by atoms with van der Waals surface area (Å²) in [6.07, 6.45) is 0. The lowest BCUT2D eigenvalue weighted by atomic mass is 9.83. The Morgan fingerprint density at radius 1 is 0.250 bits per heavy atom. The predicted octanol–water partition coefficient (Wildman–Crippen LogP) is 19.0. The van der Waals surface area contributed by atoms with Crippen molar-refractivity contribution in [3.63, 3.8) is 0 Å². The summed E-state index contributed by atoms with van der Waals surface area (Å²) in [6, 6.07) is 74.6. The fraction of sp³-hybridized carbons (Fsp3) is 0.0606. The first-order valence-electron chi connectivity index (χ1n) is 23.6. The Bertz CT molecular complexity index is 3890. The van der Waals surface area contributed by atoms with Crippen LogP contribution >= 0.6 is 0 Å². The van der Waals surface area contributed by atoms with E-state index in [2.05, 4.69) is 234 Å². The second-order valence-corrected chi connectivity index (χ2v) is 18.5. The van der Waals surface area contributed by atoms with Crippen LogP contribution in [0, 0.1) is 27.7 Å². The molecule has 0 radical (unpaired) electrons. The summed E-state index contributed by atoms with van der Waals surface area (Å²) in [4.78, 5) is 0. The molecule has 11 aromatic carbocycles. The molecule has 2 heteroatoms. The first kappa shape index (κ1) is 39.9. The molecule has 13 rings (SSSR count). The molecule has 13 aromatic rings. The molecule has 2 nitrogen and oxygen atoms in total. The van der Waals surface area contributed by atoms with Crippen LogP contribution in [0.15, 0.2) is 215 Å². The number of para-hydroxylation sites is 2. The van der Waals surface area contributed by atoms with Crippen molar-refractivity contribution in [2.75, 3.05) is 0 Å². The number of hydrogen-bond acceptors (Lipinski definition) is 2. The molecule has 68 heavy (non-hydrogen) atoms. The van der Waals surface area contributed by atoms with Crippen molar-refractivity contribution in [1.82, 2.24) is 0 Å². The zero-order valence-electron chi connectivity index (χ0n) is 38.4. The average Bonchev–Trinajstić information content (AvgIpc) is 3.96. The maximum Gasteiger partial charge on any atom is 0.143 e. The third kappa shape index (κ3) is 6.11. The maximum atomic E-state index is 6.97. The molecule has 0 unspecified atom stereocenters. The van der Waals surface area contributed by atoms with Gasteiger partial charge in [0.05, 0.1) is 0 Å². The predicted molar refractivity (Wildman–Crippen MR) is 288 cm³/mol. The van der Waals surface area contributed by atoms with Crippen molar-refractivity contribution >= 4 is 65.4 Å². The fourth-order valence-corrected chi connectivity index (χ4v) is 11.3. The highest BCUT2D eigenvalue weighted by Crippen LogP contribution is 2.50. The van der Waals surface area contributed by atoms with Crippen molar-refractivity contribution in [2.24, 2.45) is 0 Å². The number of fused-ring (bicyclic) bond motifs is 8. The van der Waals surface area contributed by atoms with Crippen LogP contribution in [0.1, 0.15) is 22.3 Å². The molecule has 2 aromatic heterocycles. The Morgan fingerprint density at radius 3 is 0.956 bits per heavy atom. The van der Waals surface area contributed by atoms with E-state index in [0.29, 0.717) is 0 Å². The smallest absolute Gasteiger partial charge is 0.143 e. The number of hydrogen-bond donors (Lipinski definition) is 0. The van der Waals surface area contributed by atoms with Gasteiger partial charge in [-0.1, -0.05) is 182 Å². The van der Waals surface area contributed by atoms with Crippen LogP contribution in [0.5, 0.6) is 0 Å². The van der Waals surface area contributed by atoms with Gasteiger partial charge in [-0.15, -0.1) is 0 Å². The summed E-state index contributed by atoms with van der Waals surface area (Å²) in [5.41, 5.74) is 22.7. The molecule has 0 N–H and O–H groups in total. The highest BCUT2D eigenvalue weighted by atomic mass is 16.3. The SMILES string of the molecule is Cc1cc(-c2c(C)cc(-c3ccc(-c4ccccc4)c4ccccc34)c3oc4ccccc4c23)c(C)cc1-c1c(C)cc(-c2ccc(-c3ccccc3)c3ccccc23)c2oc3ccccc3c12. The Labute approximate surface area is 395 Å². The van der Waals surface area contributed by atoms with Crippen LogP contribution in [0.4, 0.5) is 0 Å². The van der Waals surface area contributed by atoms with E-state index < -0.39 is 0 Å². The Balaban J connectivity index is 1.01. The van der Waals surface area contributed by atoms with Gasteiger partial charge in [-0.3, -0.25) is 0 Å². The Kier molecular flexibility index (Phi) is 9.13. The largest absolute Gasteiger partial charge is 0.455 e. The molecule has 0 saturated heterocycles. The maximum absolute atomic E-state index is 6.97. The summed E-state index contributed by atoms with van der Waals surface area (Å²) in [7, 11) is 0. The Hall–Kier alpha value is -8.46. The quantitative estimate of drug-likeness (QED) is 0.166. The minimum Gasteiger partial charge on any atom is -0.455 e. The molecule has 0 aliphatic carbocycles. The third-order valence-corrected chi connectivity index (χ3v) is 14.4. The monoisotopic (exact) mass is 870 g/mol. The molecule has 0 atom stereocenters. The van der Waals surface area contributed by atoms with E-state index in [4.69, 9.17) is 8.83 Å². The van der Waals surface area contributed by atoms with Crippen LogP contribution in [0.3, 0.4) is 0 Å². The lowest BCUT2D eigenvalue weighted by Crippen LogP contribution is -1.96. The highest BCUT2D eigenvalue weighted by molar-refractivity contribution is 6.21. The zero-order chi connectivity index (χ0) is 45.6. The van der Waals surface area contributed by atoms with Crippen LogP contribution in [-0.2, 0) is 0 Å². The summed E-state index contributed by atoms with van der Waals surface area (Å²) < 4.78 is 13.9. The van der Waals surface area contributed by atoms with Gasteiger partial charge in [0.15, 0.2) is 0 Å². The van der Waals surface area contributed by atoms with Crippen molar-refractivity contribution in [3.05, 3.63) is 229 Å². The normalized spacial score (nSPS) is 11.8. The molecule has 2 heterocycles. The van der Waals surface area contributed by atoms with E-state index >= 15 is 0 Å². The Morgan fingerprint density at radius 2 is 0.559 bits per heavy atom. The molecule has 0 aliphatic heterocycles. The van der Waals surface area contributed by atoms with Gasteiger partial charge < -0.3 is 8.83 Å². The molecule has 0 aliphatic rings. The minimum absolute atomic E-state index is 0.888. The summed E-state index contributed by atoms with van der Waals surface area (Å²) >= 11 is 0. The van der Waals surface area contributed by atoms with E-state index in [-0.39, 0.29) is 0 Å². The van der Waals surface area contributed by atoms with E-state index in [1.807, 2.05) is 0 Å². The number of benzene rings is 11. The van der Waals surface area contributed by atoms with Crippen molar-refractivity contribution in [2.45, 2.75) is 27.7 Å². The first-order chi connectivity index (χ1) is 33.4. The van der Waals surface area contributed by atoms with E-state index in [1.54, 1.807) is 0 Å². The number of aryl methyl sites for hydroxylation is 4. The summed E-state index contributed by atoms with van der Waals surface area (Å²) in [6.45, 7) is 9.07. The second-order valence-electron chi connectivity index (χ2n) is 18.5. The topological polar surface area (TPSA) is 26.3 Å². The van der Waals surface area contributed by atoms with Crippen molar-refractivity contribution < 1.29 is 8.83 Å². The highest BCUT2D eigenvalue weighted by Gasteiger charge is 2.26. The van der Waals surface area contributed by atoms with E-state index in [0.717, 1.165) is 66.1 Å². The van der Waals surface area contributed by atoms with Gasteiger partial charge in [0.1, 0.15) is 22.3 Å². The lowest BCUT2D eigenvalue weighted by Gasteiger charge is -2.20. The van der Waals surface area contributed by atoms with Gasteiger partial charge in [-0.25, -0.2) is 0 Å². The van der Waals surface area contributed by atoms with E-state index in [1.165, 1.54) is 88.3 Å². The zero-order valence-corrected chi connectivity index (χ0v) is 38.4. The summed E-state index contributed by atoms with van der Waals surface area (Å²) in [5, 5.41) is 9.40. The van der Waals surface area contributed by atoms with Gasteiger partial charge in [0.2, 0.25) is 0 Å². The van der Waals surface area contributed by atoms with Gasteiger partial charge in [0.25, 0.3) is 0 Å². The number of furan rings is 2. The van der Waals surface area contributed by atoms with Gasteiger partial charge in [-0.05, 0) is 151 Å². The van der Waals surface area contributed by atoms with Crippen molar-refractivity contribution in [1.29, 1.82) is 0 Å². The molecule has 0 fully saturated rings. The molecule has 0 spiro atoms. The van der Waals surface area contributed by atoms with Gasteiger partial charge in [-0.2, -0.15) is 0 Å².